The van der Waals surface area contributed by atoms with E-state index in [9.17, 15) is 8.42 Å². The molecule has 1 aromatic rings. The topological polar surface area (TPSA) is 58.6 Å². The molecule has 148 valence electrons. The summed E-state index contributed by atoms with van der Waals surface area (Å²) in [6, 6.07) is 8.11. The molecule has 1 aliphatic heterocycles. The highest BCUT2D eigenvalue weighted by Gasteiger charge is 2.53. The maximum Gasteiger partial charge on any atom is 0.243 e. The van der Waals surface area contributed by atoms with E-state index in [1.807, 2.05) is 12.1 Å². The molecule has 1 saturated heterocycles. The second-order valence-electron chi connectivity index (χ2n) is 8.80. The van der Waals surface area contributed by atoms with Crippen molar-refractivity contribution in [2.24, 2.45) is 23.7 Å². The number of hydrogen-bond acceptors (Lipinski definition) is 4. The summed E-state index contributed by atoms with van der Waals surface area (Å²) in [4.78, 5) is 0.391. The fourth-order valence-corrected chi connectivity index (χ4v) is 7.67. The summed E-state index contributed by atoms with van der Waals surface area (Å²) < 4.78 is 32.2. The lowest BCUT2D eigenvalue weighted by molar-refractivity contribution is 0.0730. The van der Waals surface area contributed by atoms with Gasteiger partial charge in [0.15, 0.2) is 0 Å². The lowest BCUT2D eigenvalue weighted by Crippen LogP contribution is -2.40. The number of ether oxygens (including phenoxy) is 1. The van der Waals surface area contributed by atoms with E-state index in [1.54, 1.807) is 12.1 Å². The van der Waals surface area contributed by atoms with Gasteiger partial charge in [0, 0.05) is 25.7 Å². The minimum Gasteiger partial charge on any atom is -0.379 e. The van der Waals surface area contributed by atoms with Crippen LogP contribution in [0.2, 0.25) is 0 Å². The Bertz CT molecular complexity index is 773. The summed E-state index contributed by atoms with van der Waals surface area (Å²) in [5, 5.41) is 3.79. The van der Waals surface area contributed by atoms with E-state index >= 15 is 0 Å². The van der Waals surface area contributed by atoms with Gasteiger partial charge in [0.2, 0.25) is 10.0 Å². The molecule has 3 aliphatic carbocycles. The van der Waals surface area contributed by atoms with E-state index < -0.39 is 10.0 Å². The van der Waals surface area contributed by atoms with Gasteiger partial charge in [0.25, 0.3) is 0 Å². The lowest BCUT2D eigenvalue weighted by Gasteiger charge is -2.32. The van der Waals surface area contributed by atoms with Gasteiger partial charge in [-0.25, -0.2) is 8.42 Å². The smallest absolute Gasteiger partial charge is 0.243 e. The minimum absolute atomic E-state index is 0.391. The van der Waals surface area contributed by atoms with Crippen molar-refractivity contribution in [3.05, 3.63) is 29.8 Å². The highest BCUT2D eigenvalue weighted by Crippen LogP contribution is 2.58. The monoisotopic (exact) mass is 390 g/mol. The first-order valence-electron chi connectivity index (χ1n) is 10.5. The molecule has 6 heteroatoms. The number of rotatable bonds is 5. The number of nitrogens with zero attached hydrogens (tertiary/aromatic N) is 1. The average Bonchev–Trinajstić information content (AvgIpc) is 3.41. The molecule has 1 heterocycles. The second-order valence-corrected chi connectivity index (χ2v) is 10.7. The zero-order chi connectivity index (χ0) is 18.4. The fraction of sp³-hybridized carbons (Fsp3) is 0.714. The van der Waals surface area contributed by atoms with Crippen LogP contribution < -0.4 is 5.32 Å². The van der Waals surface area contributed by atoms with Crippen molar-refractivity contribution in [1.82, 2.24) is 9.62 Å². The third kappa shape index (κ3) is 3.24. The average molecular weight is 391 g/mol. The molecule has 5 nitrogen and oxygen atoms in total. The second kappa shape index (κ2) is 7.14. The molecule has 3 saturated carbocycles. The molecule has 1 aromatic carbocycles. The maximum atomic E-state index is 12.7. The largest absolute Gasteiger partial charge is 0.379 e. The summed E-state index contributed by atoms with van der Waals surface area (Å²) >= 11 is 0. The van der Waals surface area contributed by atoms with Gasteiger partial charge < -0.3 is 10.1 Å². The van der Waals surface area contributed by atoms with Crippen molar-refractivity contribution < 1.29 is 13.2 Å². The molecule has 0 spiro atoms. The predicted molar refractivity (Wildman–Crippen MR) is 104 cm³/mol. The molecular weight excluding hydrogens is 360 g/mol. The van der Waals surface area contributed by atoms with Gasteiger partial charge in [-0.3, -0.25) is 0 Å². The Kier molecular flexibility index (Phi) is 4.79. The molecule has 4 fully saturated rings. The van der Waals surface area contributed by atoms with E-state index in [0.29, 0.717) is 37.2 Å². The SMILES string of the molecule is O=S(=O)(c1ccc(CN[C@@H]2C[C@H]3C[C@H]2[C@@H]2CCC[C@H]32)cc1)N1CCOCC1. The van der Waals surface area contributed by atoms with E-state index in [-0.39, 0.29) is 0 Å². The third-order valence-corrected chi connectivity index (χ3v) is 9.44. The maximum absolute atomic E-state index is 12.7. The van der Waals surface area contributed by atoms with Gasteiger partial charge in [0.05, 0.1) is 18.1 Å². The van der Waals surface area contributed by atoms with Crippen molar-refractivity contribution in [3.63, 3.8) is 0 Å². The number of fused-ring (bicyclic) bond motifs is 5. The van der Waals surface area contributed by atoms with E-state index in [4.69, 9.17) is 4.74 Å². The van der Waals surface area contributed by atoms with Crippen LogP contribution in [0.5, 0.6) is 0 Å². The van der Waals surface area contributed by atoms with Crippen LogP contribution in [-0.4, -0.2) is 45.1 Å². The minimum atomic E-state index is -3.39. The molecular formula is C21H30N2O3S. The number of morpholine rings is 1. The van der Waals surface area contributed by atoms with Crippen LogP contribution in [0, 0.1) is 23.7 Å². The van der Waals surface area contributed by atoms with Crippen LogP contribution in [0.3, 0.4) is 0 Å². The van der Waals surface area contributed by atoms with Crippen molar-refractivity contribution in [2.45, 2.75) is 49.6 Å². The number of hydrogen-bond donors (Lipinski definition) is 1. The van der Waals surface area contributed by atoms with Crippen molar-refractivity contribution in [1.29, 1.82) is 0 Å². The zero-order valence-corrected chi connectivity index (χ0v) is 16.7. The Balaban J connectivity index is 1.20. The van der Waals surface area contributed by atoms with Crippen molar-refractivity contribution >= 4 is 10.0 Å². The standard InChI is InChI=1S/C21H30N2O3S/c24-27(25,23-8-10-26-11-9-23)17-6-4-15(5-7-17)14-22-21-13-16-12-20(21)19-3-1-2-18(16)19/h4-7,16,18-22H,1-3,8-14H2/t16-,18-,19-,20+,21-/m1/s1. The summed E-state index contributed by atoms with van der Waals surface area (Å²) in [5.74, 6) is 3.84. The first-order chi connectivity index (χ1) is 13.1. The van der Waals surface area contributed by atoms with Crippen LogP contribution in [0.1, 0.15) is 37.7 Å². The van der Waals surface area contributed by atoms with Crippen LogP contribution in [-0.2, 0) is 21.3 Å². The molecule has 1 N–H and O–H groups in total. The van der Waals surface area contributed by atoms with E-state index in [1.165, 1.54) is 42.0 Å². The van der Waals surface area contributed by atoms with Gasteiger partial charge in [0.1, 0.15) is 0 Å². The Morgan fingerprint density at radius 1 is 1.00 bits per heavy atom. The summed E-state index contributed by atoms with van der Waals surface area (Å²) in [6.45, 7) is 2.68. The molecule has 5 rings (SSSR count). The molecule has 0 radical (unpaired) electrons. The third-order valence-electron chi connectivity index (χ3n) is 7.53. The Morgan fingerprint density at radius 3 is 2.52 bits per heavy atom. The van der Waals surface area contributed by atoms with Gasteiger partial charge >= 0.3 is 0 Å². The molecule has 0 amide bonds. The van der Waals surface area contributed by atoms with Gasteiger partial charge in [-0.1, -0.05) is 18.6 Å². The molecule has 4 aliphatic rings. The van der Waals surface area contributed by atoms with Gasteiger partial charge in [-0.2, -0.15) is 4.31 Å². The summed E-state index contributed by atoms with van der Waals surface area (Å²) in [6.07, 6.45) is 7.13. The van der Waals surface area contributed by atoms with Crippen LogP contribution in [0.25, 0.3) is 0 Å². The summed E-state index contributed by atoms with van der Waals surface area (Å²) in [7, 11) is -3.39. The molecule has 2 bridgehead atoms. The molecule has 27 heavy (non-hydrogen) atoms. The van der Waals surface area contributed by atoms with Crippen LogP contribution >= 0.6 is 0 Å². The van der Waals surface area contributed by atoms with Gasteiger partial charge in [-0.15, -0.1) is 0 Å². The Labute approximate surface area is 162 Å². The van der Waals surface area contributed by atoms with Crippen LogP contribution in [0.15, 0.2) is 29.2 Å². The fourth-order valence-electron chi connectivity index (χ4n) is 6.27. The van der Waals surface area contributed by atoms with Crippen LogP contribution in [0.4, 0.5) is 0 Å². The van der Waals surface area contributed by atoms with E-state index in [2.05, 4.69) is 5.32 Å². The Morgan fingerprint density at radius 2 is 1.74 bits per heavy atom. The highest BCUT2D eigenvalue weighted by molar-refractivity contribution is 7.89. The lowest BCUT2D eigenvalue weighted by atomic mass is 9.79. The molecule has 5 atom stereocenters. The molecule has 0 aromatic heterocycles. The van der Waals surface area contributed by atoms with E-state index in [0.717, 1.165) is 30.2 Å². The quantitative estimate of drug-likeness (QED) is 0.840. The van der Waals surface area contributed by atoms with Crippen molar-refractivity contribution in [2.75, 3.05) is 26.3 Å². The number of nitrogens with one attached hydrogen (secondary N) is 1. The highest BCUT2D eigenvalue weighted by atomic mass is 32.2. The predicted octanol–water partition coefficient (Wildman–Crippen LogP) is 2.62. The normalized spacial score (nSPS) is 36.2. The Hall–Kier alpha value is -0.950. The zero-order valence-electron chi connectivity index (χ0n) is 15.8. The summed E-state index contributed by atoms with van der Waals surface area (Å²) in [5.41, 5.74) is 1.17. The number of sulfonamides is 1. The molecule has 0 unspecified atom stereocenters. The van der Waals surface area contributed by atoms with Gasteiger partial charge in [-0.05, 0) is 67.1 Å². The number of benzene rings is 1. The first kappa shape index (κ1) is 18.1. The van der Waals surface area contributed by atoms with Crippen molar-refractivity contribution in [3.8, 4) is 0 Å². The first-order valence-corrected chi connectivity index (χ1v) is 12.0.